The first-order valence-electron chi connectivity index (χ1n) is 9.54. The lowest BCUT2D eigenvalue weighted by Crippen LogP contribution is -2.34. The van der Waals surface area contributed by atoms with Crippen LogP contribution in [0.1, 0.15) is 41.6 Å². The maximum atomic E-state index is 12.6. The smallest absolute Gasteiger partial charge is 0.253 e. The van der Waals surface area contributed by atoms with Crippen LogP contribution in [0.5, 0.6) is 0 Å². The van der Waals surface area contributed by atoms with Crippen LogP contribution >= 0.6 is 0 Å². The molecule has 5 nitrogen and oxygen atoms in total. The van der Waals surface area contributed by atoms with Gasteiger partial charge in [0.1, 0.15) is 0 Å². The van der Waals surface area contributed by atoms with Crippen LogP contribution in [0.2, 0.25) is 0 Å². The van der Waals surface area contributed by atoms with Crippen molar-refractivity contribution in [2.24, 2.45) is 0 Å². The Morgan fingerprint density at radius 3 is 2.41 bits per heavy atom. The van der Waals surface area contributed by atoms with Gasteiger partial charge in [0.2, 0.25) is 5.91 Å². The van der Waals surface area contributed by atoms with Gasteiger partial charge in [-0.15, -0.1) is 0 Å². The molecule has 0 aromatic heterocycles. The van der Waals surface area contributed by atoms with Gasteiger partial charge in [0.25, 0.3) is 5.91 Å². The Morgan fingerprint density at radius 1 is 1.00 bits per heavy atom. The zero-order chi connectivity index (χ0) is 19.1. The first-order valence-corrected chi connectivity index (χ1v) is 9.54. The van der Waals surface area contributed by atoms with E-state index in [9.17, 15) is 9.59 Å². The number of anilines is 1. The number of benzene rings is 2. The molecule has 0 spiro atoms. The van der Waals surface area contributed by atoms with E-state index in [0.717, 1.165) is 31.2 Å². The molecule has 3 rings (SSSR count). The van der Waals surface area contributed by atoms with Gasteiger partial charge < -0.3 is 10.6 Å². The summed E-state index contributed by atoms with van der Waals surface area (Å²) < 4.78 is 0. The van der Waals surface area contributed by atoms with E-state index < -0.39 is 0 Å². The van der Waals surface area contributed by atoms with E-state index in [4.69, 9.17) is 0 Å². The van der Waals surface area contributed by atoms with Gasteiger partial charge in [0.05, 0.1) is 17.8 Å². The minimum atomic E-state index is -0.130. The Labute approximate surface area is 160 Å². The van der Waals surface area contributed by atoms with Crippen molar-refractivity contribution in [3.63, 3.8) is 0 Å². The molecular weight excluding hydrogens is 338 g/mol. The van der Waals surface area contributed by atoms with Crippen molar-refractivity contribution >= 4 is 17.5 Å². The molecule has 142 valence electrons. The topological polar surface area (TPSA) is 61.4 Å². The molecule has 1 saturated carbocycles. The summed E-state index contributed by atoms with van der Waals surface area (Å²) in [6, 6.07) is 17.5. The summed E-state index contributed by atoms with van der Waals surface area (Å²) in [5.74, 6) is -0.245. The fourth-order valence-electron chi connectivity index (χ4n) is 3.51. The zero-order valence-electron chi connectivity index (χ0n) is 15.8. The first-order chi connectivity index (χ1) is 13.1. The molecule has 2 N–H and O–H groups in total. The highest BCUT2D eigenvalue weighted by Gasteiger charge is 2.20. The molecule has 1 aliphatic carbocycles. The highest BCUT2D eigenvalue weighted by Crippen LogP contribution is 2.20. The molecule has 0 atom stereocenters. The maximum absolute atomic E-state index is 12.6. The fourth-order valence-corrected chi connectivity index (χ4v) is 3.51. The summed E-state index contributed by atoms with van der Waals surface area (Å²) in [5, 5.41) is 5.97. The van der Waals surface area contributed by atoms with E-state index in [1.165, 1.54) is 0 Å². The van der Waals surface area contributed by atoms with Crippen molar-refractivity contribution in [2.45, 2.75) is 38.3 Å². The normalized spacial score (nSPS) is 14.3. The number of nitrogens with one attached hydrogen (secondary N) is 2. The highest BCUT2D eigenvalue weighted by molar-refractivity contribution is 6.04. The van der Waals surface area contributed by atoms with Crippen LogP contribution in [0.15, 0.2) is 54.6 Å². The minimum absolute atomic E-state index is 0.115. The largest absolute Gasteiger partial charge is 0.349 e. The molecule has 2 aromatic rings. The average molecular weight is 365 g/mol. The van der Waals surface area contributed by atoms with Gasteiger partial charge in [0.15, 0.2) is 0 Å². The number of para-hydroxylation sites is 1. The third-order valence-electron chi connectivity index (χ3n) is 4.85. The highest BCUT2D eigenvalue weighted by atomic mass is 16.2. The van der Waals surface area contributed by atoms with Gasteiger partial charge in [-0.25, -0.2) is 0 Å². The Balaban J connectivity index is 1.58. The number of hydrogen-bond acceptors (Lipinski definition) is 3. The van der Waals surface area contributed by atoms with Crippen LogP contribution in [0.25, 0.3) is 0 Å². The standard InChI is InChI=1S/C22H27N3O2/c1-25(15-17-9-3-2-4-10-17)16-21(26)24-20-14-8-7-13-19(20)22(27)23-18-11-5-6-12-18/h2-4,7-10,13-14,18H,5-6,11-12,15-16H2,1H3,(H,23,27)(H,24,26). The number of carbonyl (C=O) groups excluding carboxylic acids is 2. The molecule has 1 aliphatic rings. The third-order valence-corrected chi connectivity index (χ3v) is 4.85. The monoisotopic (exact) mass is 365 g/mol. The molecular formula is C22H27N3O2. The van der Waals surface area contributed by atoms with E-state index >= 15 is 0 Å². The number of amides is 2. The van der Waals surface area contributed by atoms with Crippen LogP contribution in [-0.4, -0.2) is 36.3 Å². The van der Waals surface area contributed by atoms with Gasteiger partial charge in [-0.2, -0.15) is 0 Å². The molecule has 0 bridgehead atoms. The molecule has 5 heteroatoms. The minimum Gasteiger partial charge on any atom is -0.349 e. The molecule has 0 saturated heterocycles. The SMILES string of the molecule is CN(CC(=O)Nc1ccccc1C(=O)NC1CCCC1)Cc1ccccc1. The maximum Gasteiger partial charge on any atom is 0.253 e. The second kappa shape index (κ2) is 9.33. The third kappa shape index (κ3) is 5.66. The number of hydrogen-bond donors (Lipinski definition) is 2. The van der Waals surface area contributed by atoms with Crippen LogP contribution < -0.4 is 10.6 Å². The quantitative estimate of drug-likeness (QED) is 0.790. The van der Waals surface area contributed by atoms with Crippen molar-refractivity contribution in [1.29, 1.82) is 0 Å². The Morgan fingerprint density at radius 2 is 1.67 bits per heavy atom. The van der Waals surface area contributed by atoms with E-state index in [0.29, 0.717) is 17.8 Å². The summed E-state index contributed by atoms with van der Waals surface area (Å²) in [7, 11) is 1.91. The molecule has 27 heavy (non-hydrogen) atoms. The molecule has 1 fully saturated rings. The Bertz CT molecular complexity index is 770. The lowest BCUT2D eigenvalue weighted by atomic mass is 10.1. The van der Waals surface area contributed by atoms with Crippen LogP contribution in [-0.2, 0) is 11.3 Å². The lowest BCUT2D eigenvalue weighted by Gasteiger charge is -2.18. The van der Waals surface area contributed by atoms with Gasteiger partial charge in [0, 0.05) is 12.6 Å². The van der Waals surface area contributed by atoms with Crippen molar-refractivity contribution in [1.82, 2.24) is 10.2 Å². The number of carbonyl (C=O) groups is 2. The van der Waals surface area contributed by atoms with Crippen molar-refractivity contribution in [3.05, 3.63) is 65.7 Å². The molecule has 0 unspecified atom stereocenters. The summed E-state index contributed by atoms with van der Waals surface area (Å²) in [4.78, 5) is 27.0. The van der Waals surface area contributed by atoms with E-state index in [2.05, 4.69) is 10.6 Å². The molecule has 0 radical (unpaired) electrons. The predicted octanol–water partition coefficient (Wildman–Crippen LogP) is 3.43. The van der Waals surface area contributed by atoms with E-state index in [-0.39, 0.29) is 24.4 Å². The molecule has 0 aliphatic heterocycles. The first kappa shape index (κ1) is 19.1. The van der Waals surface area contributed by atoms with Crippen molar-refractivity contribution in [3.8, 4) is 0 Å². The number of rotatable bonds is 7. The average Bonchev–Trinajstić information content (AvgIpc) is 3.15. The van der Waals surface area contributed by atoms with E-state index in [1.807, 2.05) is 54.4 Å². The van der Waals surface area contributed by atoms with Gasteiger partial charge in [-0.05, 0) is 37.6 Å². The zero-order valence-corrected chi connectivity index (χ0v) is 15.8. The van der Waals surface area contributed by atoms with Gasteiger partial charge in [-0.1, -0.05) is 55.3 Å². The summed E-state index contributed by atoms with van der Waals surface area (Å²) in [5.41, 5.74) is 2.23. The molecule has 2 amide bonds. The molecule has 0 heterocycles. The summed E-state index contributed by atoms with van der Waals surface area (Å²) in [6.07, 6.45) is 4.39. The second-order valence-corrected chi connectivity index (χ2v) is 7.21. The van der Waals surface area contributed by atoms with Crippen LogP contribution in [0.3, 0.4) is 0 Å². The second-order valence-electron chi connectivity index (χ2n) is 7.21. The summed E-state index contributed by atoms with van der Waals surface area (Å²) in [6.45, 7) is 0.950. The number of likely N-dealkylation sites (N-methyl/N-ethyl adjacent to an activating group) is 1. The predicted molar refractivity (Wildman–Crippen MR) is 108 cm³/mol. The van der Waals surface area contributed by atoms with Gasteiger partial charge in [-0.3, -0.25) is 14.5 Å². The van der Waals surface area contributed by atoms with Crippen LogP contribution in [0.4, 0.5) is 5.69 Å². The lowest BCUT2D eigenvalue weighted by molar-refractivity contribution is -0.117. The Hall–Kier alpha value is -2.66. The van der Waals surface area contributed by atoms with Crippen LogP contribution in [0, 0.1) is 0 Å². The fraction of sp³-hybridized carbons (Fsp3) is 0.364. The van der Waals surface area contributed by atoms with E-state index in [1.54, 1.807) is 12.1 Å². The van der Waals surface area contributed by atoms with Gasteiger partial charge >= 0.3 is 0 Å². The summed E-state index contributed by atoms with van der Waals surface area (Å²) >= 11 is 0. The van der Waals surface area contributed by atoms with Crippen molar-refractivity contribution < 1.29 is 9.59 Å². The van der Waals surface area contributed by atoms with Crippen molar-refractivity contribution in [2.75, 3.05) is 18.9 Å². The number of nitrogens with zero attached hydrogens (tertiary/aromatic N) is 1. The Kier molecular flexibility index (Phi) is 6.60. The molecule has 2 aromatic carbocycles.